The minimum atomic E-state index is 0.446. The van der Waals surface area contributed by atoms with Gasteiger partial charge in [-0.25, -0.2) is 0 Å². The van der Waals surface area contributed by atoms with Crippen molar-refractivity contribution >= 4 is 0 Å². The predicted octanol–water partition coefficient (Wildman–Crippen LogP) is 2.86. The van der Waals surface area contributed by atoms with Gasteiger partial charge in [-0.1, -0.05) is 6.92 Å². The van der Waals surface area contributed by atoms with Gasteiger partial charge in [0, 0.05) is 23.7 Å². The molecule has 1 N–H and O–H groups in total. The molecule has 1 aliphatic heterocycles. The standard InChI is InChI=1S/C15H21NO2/c1-9-8-16-15(10-4-5-10)14-12(18-3)7-6-11(17-2)13(9)14/h6-7,9-10,15-16H,4-5,8H2,1-3H3. The summed E-state index contributed by atoms with van der Waals surface area (Å²) in [5.41, 5.74) is 2.67. The van der Waals surface area contributed by atoms with Crippen molar-refractivity contribution in [3.8, 4) is 11.5 Å². The van der Waals surface area contributed by atoms with Crippen molar-refractivity contribution in [1.82, 2.24) is 5.32 Å². The van der Waals surface area contributed by atoms with Gasteiger partial charge in [-0.2, -0.15) is 0 Å². The van der Waals surface area contributed by atoms with Crippen LogP contribution in [0.3, 0.4) is 0 Å². The molecule has 2 unspecified atom stereocenters. The van der Waals surface area contributed by atoms with Gasteiger partial charge in [0.25, 0.3) is 0 Å². The Hall–Kier alpha value is -1.22. The molecule has 1 heterocycles. The van der Waals surface area contributed by atoms with Crippen LogP contribution in [0.5, 0.6) is 11.5 Å². The van der Waals surface area contributed by atoms with E-state index in [-0.39, 0.29) is 0 Å². The van der Waals surface area contributed by atoms with Crippen LogP contribution in [-0.2, 0) is 0 Å². The van der Waals surface area contributed by atoms with Gasteiger partial charge in [0.05, 0.1) is 14.2 Å². The summed E-state index contributed by atoms with van der Waals surface area (Å²) >= 11 is 0. The summed E-state index contributed by atoms with van der Waals surface area (Å²) in [5.74, 6) is 3.25. The molecule has 1 aromatic carbocycles. The van der Waals surface area contributed by atoms with E-state index in [1.807, 2.05) is 12.1 Å². The summed E-state index contributed by atoms with van der Waals surface area (Å²) in [5, 5.41) is 3.68. The number of nitrogens with one attached hydrogen (secondary N) is 1. The number of rotatable bonds is 3. The van der Waals surface area contributed by atoms with Crippen molar-refractivity contribution in [3.05, 3.63) is 23.3 Å². The molecule has 3 nitrogen and oxygen atoms in total. The molecular formula is C15H21NO2. The first-order valence-electron chi connectivity index (χ1n) is 6.74. The van der Waals surface area contributed by atoms with Crippen LogP contribution in [0.15, 0.2) is 12.1 Å². The van der Waals surface area contributed by atoms with Crippen LogP contribution in [0.2, 0.25) is 0 Å². The summed E-state index contributed by atoms with van der Waals surface area (Å²) in [6.07, 6.45) is 2.65. The van der Waals surface area contributed by atoms with Gasteiger partial charge in [-0.3, -0.25) is 0 Å². The van der Waals surface area contributed by atoms with Gasteiger partial charge >= 0.3 is 0 Å². The van der Waals surface area contributed by atoms with E-state index in [1.54, 1.807) is 14.2 Å². The van der Waals surface area contributed by atoms with Gasteiger partial charge in [0.1, 0.15) is 11.5 Å². The Morgan fingerprint density at radius 2 is 1.67 bits per heavy atom. The third-order valence-corrected chi connectivity index (χ3v) is 4.19. The third-order valence-electron chi connectivity index (χ3n) is 4.19. The average Bonchev–Trinajstić information content (AvgIpc) is 3.22. The Labute approximate surface area is 108 Å². The Kier molecular flexibility index (Phi) is 2.94. The molecule has 1 saturated carbocycles. The lowest BCUT2D eigenvalue weighted by atomic mass is 9.84. The van der Waals surface area contributed by atoms with E-state index >= 15 is 0 Å². The average molecular weight is 247 g/mol. The summed E-state index contributed by atoms with van der Waals surface area (Å²) in [4.78, 5) is 0. The van der Waals surface area contributed by atoms with E-state index in [2.05, 4.69) is 12.2 Å². The lowest BCUT2D eigenvalue weighted by Gasteiger charge is -2.33. The maximum Gasteiger partial charge on any atom is 0.124 e. The molecular weight excluding hydrogens is 226 g/mol. The van der Waals surface area contributed by atoms with E-state index in [4.69, 9.17) is 9.47 Å². The zero-order valence-corrected chi connectivity index (χ0v) is 11.3. The SMILES string of the molecule is COc1ccc(OC)c2c1C(C)CNC2C1CC1. The highest BCUT2D eigenvalue weighted by Crippen LogP contribution is 2.50. The first kappa shape index (κ1) is 11.8. The van der Waals surface area contributed by atoms with Gasteiger partial charge in [0.15, 0.2) is 0 Å². The molecule has 98 valence electrons. The Bertz CT molecular complexity index is 454. The van der Waals surface area contributed by atoms with Crippen molar-refractivity contribution in [2.24, 2.45) is 5.92 Å². The van der Waals surface area contributed by atoms with Gasteiger partial charge in [0.2, 0.25) is 0 Å². The molecule has 1 aromatic rings. The second-order valence-corrected chi connectivity index (χ2v) is 5.42. The van der Waals surface area contributed by atoms with Crippen molar-refractivity contribution in [3.63, 3.8) is 0 Å². The molecule has 2 aliphatic rings. The number of fused-ring (bicyclic) bond motifs is 1. The smallest absolute Gasteiger partial charge is 0.124 e. The van der Waals surface area contributed by atoms with Gasteiger partial charge < -0.3 is 14.8 Å². The Morgan fingerprint density at radius 1 is 1.06 bits per heavy atom. The lowest BCUT2D eigenvalue weighted by Crippen LogP contribution is -2.34. The predicted molar refractivity (Wildman–Crippen MR) is 71.4 cm³/mol. The van der Waals surface area contributed by atoms with E-state index in [0.29, 0.717) is 12.0 Å². The highest BCUT2D eigenvalue weighted by atomic mass is 16.5. The Morgan fingerprint density at radius 3 is 2.22 bits per heavy atom. The fourth-order valence-corrected chi connectivity index (χ4v) is 3.12. The first-order valence-corrected chi connectivity index (χ1v) is 6.74. The quantitative estimate of drug-likeness (QED) is 0.891. The first-order chi connectivity index (χ1) is 8.76. The minimum Gasteiger partial charge on any atom is -0.496 e. The van der Waals surface area contributed by atoms with E-state index < -0.39 is 0 Å². The molecule has 18 heavy (non-hydrogen) atoms. The molecule has 3 heteroatoms. The molecule has 0 radical (unpaired) electrons. The lowest BCUT2D eigenvalue weighted by molar-refractivity contribution is 0.355. The second-order valence-electron chi connectivity index (χ2n) is 5.42. The number of hydrogen-bond donors (Lipinski definition) is 1. The summed E-state index contributed by atoms with van der Waals surface area (Å²) in [6.45, 7) is 3.27. The number of ether oxygens (including phenoxy) is 2. The normalized spacial score (nSPS) is 26.6. The molecule has 0 bridgehead atoms. The van der Waals surface area contributed by atoms with Crippen LogP contribution < -0.4 is 14.8 Å². The fourth-order valence-electron chi connectivity index (χ4n) is 3.12. The monoisotopic (exact) mass is 247 g/mol. The molecule has 0 spiro atoms. The summed E-state index contributed by atoms with van der Waals surface area (Å²) < 4.78 is 11.1. The maximum atomic E-state index is 5.57. The molecule has 2 atom stereocenters. The van der Waals surface area contributed by atoms with Crippen molar-refractivity contribution in [2.45, 2.75) is 31.7 Å². The van der Waals surface area contributed by atoms with Crippen LogP contribution in [0.1, 0.15) is 42.9 Å². The largest absolute Gasteiger partial charge is 0.496 e. The van der Waals surface area contributed by atoms with Crippen LogP contribution in [-0.4, -0.2) is 20.8 Å². The zero-order valence-electron chi connectivity index (χ0n) is 11.3. The zero-order chi connectivity index (χ0) is 12.7. The summed E-state index contributed by atoms with van der Waals surface area (Å²) in [7, 11) is 3.51. The van der Waals surface area contributed by atoms with Crippen molar-refractivity contribution in [2.75, 3.05) is 20.8 Å². The van der Waals surface area contributed by atoms with Crippen molar-refractivity contribution < 1.29 is 9.47 Å². The molecule has 3 rings (SSSR count). The van der Waals surface area contributed by atoms with Crippen molar-refractivity contribution in [1.29, 1.82) is 0 Å². The molecule has 0 aromatic heterocycles. The molecule has 0 saturated heterocycles. The van der Waals surface area contributed by atoms with E-state index in [9.17, 15) is 0 Å². The van der Waals surface area contributed by atoms with Crippen LogP contribution in [0.25, 0.3) is 0 Å². The van der Waals surface area contributed by atoms with Crippen LogP contribution >= 0.6 is 0 Å². The minimum absolute atomic E-state index is 0.446. The Balaban J connectivity index is 2.15. The molecule has 0 amide bonds. The van der Waals surface area contributed by atoms with E-state index in [0.717, 1.165) is 24.0 Å². The summed E-state index contributed by atoms with van der Waals surface area (Å²) in [6, 6.07) is 4.51. The second kappa shape index (κ2) is 4.47. The third kappa shape index (κ3) is 1.77. The van der Waals surface area contributed by atoms with Crippen LogP contribution in [0.4, 0.5) is 0 Å². The fraction of sp³-hybridized carbons (Fsp3) is 0.600. The topological polar surface area (TPSA) is 30.5 Å². The number of benzene rings is 1. The van der Waals surface area contributed by atoms with Gasteiger partial charge in [-0.05, 0) is 36.8 Å². The highest BCUT2D eigenvalue weighted by molar-refractivity contribution is 5.54. The van der Waals surface area contributed by atoms with E-state index in [1.165, 1.54) is 24.0 Å². The maximum absolute atomic E-state index is 5.57. The van der Waals surface area contributed by atoms with Crippen LogP contribution in [0, 0.1) is 5.92 Å². The molecule has 1 aliphatic carbocycles. The van der Waals surface area contributed by atoms with Gasteiger partial charge in [-0.15, -0.1) is 0 Å². The number of methoxy groups -OCH3 is 2. The number of hydrogen-bond acceptors (Lipinski definition) is 3. The highest BCUT2D eigenvalue weighted by Gasteiger charge is 2.39. The molecule has 1 fully saturated rings.